The molecule has 2 aromatic rings. The molecule has 0 aliphatic heterocycles. The Morgan fingerprint density at radius 1 is 1.33 bits per heavy atom. The highest BCUT2D eigenvalue weighted by Crippen LogP contribution is 2.40. The molecule has 1 amide bonds. The Bertz CT molecular complexity index is 663. The Kier molecular flexibility index (Phi) is 5.30. The molecule has 128 valence electrons. The predicted molar refractivity (Wildman–Crippen MR) is 94.5 cm³/mol. The van der Waals surface area contributed by atoms with Gasteiger partial charge in [0.2, 0.25) is 5.91 Å². The van der Waals surface area contributed by atoms with E-state index in [0.717, 1.165) is 12.1 Å². The lowest BCUT2D eigenvalue weighted by Crippen LogP contribution is -2.41. The van der Waals surface area contributed by atoms with Crippen LogP contribution in [0.1, 0.15) is 36.9 Å². The highest BCUT2D eigenvalue weighted by atomic mass is 16.2. The zero-order valence-corrected chi connectivity index (χ0v) is 14.4. The van der Waals surface area contributed by atoms with Crippen LogP contribution in [0.15, 0.2) is 42.7 Å². The van der Waals surface area contributed by atoms with Crippen molar-refractivity contribution < 1.29 is 4.79 Å². The third-order valence-corrected chi connectivity index (χ3v) is 4.40. The SMILES string of the molecule is Cc1cnn(C[C@H](C)NCC(=O)N[C@H](c2ccccc2)C2CC2)c1. The van der Waals surface area contributed by atoms with E-state index in [-0.39, 0.29) is 18.0 Å². The van der Waals surface area contributed by atoms with E-state index < -0.39 is 0 Å². The van der Waals surface area contributed by atoms with E-state index >= 15 is 0 Å². The molecule has 0 radical (unpaired) electrons. The quantitative estimate of drug-likeness (QED) is 0.783. The fraction of sp³-hybridized carbons (Fsp3) is 0.474. The Balaban J connectivity index is 1.47. The fourth-order valence-corrected chi connectivity index (χ4v) is 2.97. The van der Waals surface area contributed by atoms with Gasteiger partial charge in [0.05, 0.1) is 25.3 Å². The minimum atomic E-state index is 0.0549. The summed E-state index contributed by atoms with van der Waals surface area (Å²) in [5.41, 5.74) is 2.35. The Hall–Kier alpha value is -2.14. The summed E-state index contributed by atoms with van der Waals surface area (Å²) in [6, 6.07) is 10.6. The summed E-state index contributed by atoms with van der Waals surface area (Å²) in [4.78, 5) is 12.3. The molecular weight excluding hydrogens is 300 g/mol. The van der Waals surface area contributed by atoms with Crippen molar-refractivity contribution in [3.05, 3.63) is 53.9 Å². The third kappa shape index (κ3) is 4.68. The highest BCUT2D eigenvalue weighted by Gasteiger charge is 2.33. The summed E-state index contributed by atoms with van der Waals surface area (Å²) in [5, 5.41) is 10.8. The molecule has 1 saturated carbocycles. The van der Waals surface area contributed by atoms with Gasteiger partial charge in [-0.25, -0.2) is 0 Å². The van der Waals surface area contributed by atoms with Crippen LogP contribution in [0.3, 0.4) is 0 Å². The van der Waals surface area contributed by atoms with Crippen LogP contribution in [-0.4, -0.2) is 28.3 Å². The third-order valence-electron chi connectivity index (χ3n) is 4.40. The average Bonchev–Trinajstić information content (AvgIpc) is 3.34. The van der Waals surface area contributed by atoms with Crippen molar-refractivity contribution in [2.24, 2.45) is 5.92 Å². The summed E-state index contributed by atoms with van der Waals surface area (Å²) in [7, 11) is 0. The van der Waals surface area contributed by atoms with E-state index in [1.807, 2.05) is 42.2 Å². The van der Waals surface area contributed by atoms with Crippen molar-refractivity contribution in [2.45, 2.75) is 45.3 Å². The number of aryl methyl sites for hydroxylation is 1. The molecule has 0 bridgehead atoms. The standard InChI is InChI=1S/C19H26N4O/c1-14-10-21-23(12-14)13-15(2)20-11-18(24)22-19(17-8-9-17)16-6-4-3-5-7-16/h3-7,10,12,15,17,19-20H,8-9,11,13H2,1-2H3,(H,22,24)/t15-,19+/m0/s1. The van der Waals surface area contributed by atoms with E-state index in [9.17, 15) is 4.79 Å². The van der Waals surface area contributed by atoms with Gasteiger partial charge in [-0.05, 0) is 43.7 Å². The van der Waals surface area contributed by atoms with E-state index in [4.69, 9.17) is 0 Å². The molecular formula is C19H26N4O. The van der Waals surface area contributed by atoms with Crippen molar-refractivity contribution in [1.29, 1.82) is 0 Å². The van der Waals surface area contributed by atoms with Crippen molar-refractivity contribution in [3.8, 4) is 0 Å². The van der Waals surface area contributed by atoms with Crippen LogP contribution in [-0.2, 0) is 11.3 Å². The molecule has 1 heterocycles. The van der Waals surface area contributed by atoms with Crippen molar-refractivity contribution >= 4 is 5.91 Å². The van der Waals surface area contributed by atoms with Crippen LogP contribution in [0.25, 0.3) is 0 Å². The monoisotopic (exact) mass is 326 g/mol. The number of carbonyl (C=O) groups is 1. The maximum Gasteiger partial charge on any atom is 0.234 e. The van der Waals surface area contributed by atoms with Crippen LogP contribution >= 0.6 is 0 Å². The Morgan fingerprint density at radius 3 is 2.71 bits per heavy atom. The van der Waals surface area contributed by atoms with E-state index in [0.29, 0.717) is 12.5 Å². The first-order chi connectivity index (χ1) is 11.6. The number of hydrogen-bond acceptors (Lipinski definition) is 3. The number of amides is 1. The summed E-state index contributed by atoms with van der Waals surface area (Å²) >= 11 is 0. The highest BCUT2D eigenvalue weighted by molar-refractivity contribution is 5.78. The Labute approximate surface area is 143 Å². The fourth-order valence-electron chi connectivity index (χ4n) is 2.97. The molecule has 1 aromatic carbocycles. The van der Waals surface area contributed by atoms with Gasteiger partial charge < -0.3 is 10.6 Å². The van der Waals surface area contributed by atoms with E-state index in [1.165, 1.54) is 18.4 Å². The van der Waals surface area contributed by atoms with E-state index in [2.05, 4.69) is 34.8 Å². The number of benzene rings is 1. The summed E-state index contributed by atoms with van der Waals surface area (Å²) < 4.78 is 1.90. The molecule has 3 rings (SSSR count). The van der Waals surface area contributed by atoms with Gasteiger partial charge in [-0.3, -0.25) is 9.48 Å². The van der Waals surface area contributed by atoms with Crippen molar-refractivity contribution in [2.75, 3.05) is 6.54 Å². The molecule has 5 heteroatoms. The van der Waals surface area contributed by atoms with Crippen LogP contribution in [0.4, 0.5) is 0 Å². The zero-order valence-electron chi connectivity index (χ0n) is 14.4. The molecule has 1 fully saturated rings. The van der Waals surface area contributed by atoms with Crippen molar-refractivity contribution in [3.63, 3.8) is 0 Å². The zero-order chi connectivity index (χ0) is 16.9. The minimum Gasteiger partial charge on any atom is -0.348 e. The number of aromatic nitrogens is 2. The molecule has 0 unspecified atom stereocenters. The lowest BCUT2D eigenvalue weighted by Gasteiger charge is -2.20. The molecule has 1 aromatic heterocycles. The number of rotatable bonds is 8. The van der Waals surface area contributed by atoms with Crippen LogP contribution in [0, 0.1) is 12.8 Å². The molecule has 1 aliphatic rings. The first kappa shape index (κ1) is 16.7. The smallest absolute Gasteiger partial charge is 0.234 e. The summed E-state index contributed by atoms with van der Waals surface area (Å²) in [6.07, 6.45) is 6.25. The molecule has 24 heavy (non-hydrogen) atoms. The van der Waals surface area contributed by atoms with Gasteiger partial charge in [0.15, 0.2) is 0 Å². The second kappa shape index (κ2) is 7.62. The average molecular weight is 326 g/mol. The number of nitrogens with zero attached hydrogens (tertiary/aromatic N) is 2. The van der Waals surface area contributed by atoms with Crippen LogP contribution in [0.2, 0.25) is 0 Å². The second-order valence-corrected chi connectivity index (χ2v) is 6.81. The van der Waals surface area contributed by atoms with Crippen LogP contribution < -0.4 is 10.6 Å². The molecule has 0 spiro atoms. The summed E-state index contributed by atoms with van der Waals surface area (Å²) in [5.74, 6) is 0.639. The lowest BCUT2D eigenvalue weighted by molar-refractivity contribution is -0.121. The Morgan fingerprint density at radius 2 is 2.08 bits per heavy atom. The number of hydrogen-bond donors (Lipinski definition) is 2. The first-order valence-electron chi connectivity index (χ1n) is 8.68. The number of carbonyl (C=O) groups excluding carboxylic acids is 1. The molecule has 5 nitrogen and oxygen atoms in total. The van der Waals surface area contributed by atoms with Gasteiger partial charge in [-0.15, -0.1) is 0 Å². The lowest BCUT2D eigenvalue weighted by atomic mass is 10.0. The van der Waals surface area contributed by atoms with Crippen molar-refractivity contribution in [1.82, 2.24) is 20.4 Å². The molecule has 0 saturated heterocycles. The first-order valence-corrected chi connectivity index (χ1v) is 8.68. The molecule has 2 N–H and O–H groups in total. The largest absolute Gasteiger partial charge is 0.348 e. The van der Waals surface area contributed by atoms with Gasteiger partial charge in [-0.1, -0.05) is 30.3 Å². The van der Waals surface area contributed by atoms with Gasteiger partial charge in [0.25, 0.3) is 0 Å². The topological polar surface area (TPSA) is 59.0 Å². The molecule has 1 aliphatic carbocycles. The second-order valence-electron chi connectivity index (χ2n) is 6.81. The van der Waals surface area contributed by atoms with Gasteiger partial charge in [-0.2, -0.15) is 5.10 Å². The van der Waals surface area contributed by atoms with Gasteiger partial charge in [0.1, 0.15) is 0 Å². The maximum atomic E-state index is 12.3. The van der Waals surface area contributed by atoms with E-state index in [1.54, 1.807) is 0 Å². The van der Waals surface area contributed by atoms with Gasteiger partial charge in [0, 0.05) is 12.2 Å². The number of nitrogens with one attached hydrogen (secondary N) is 2. The summed E-state index contributed by atoms with van der Waals surface area (Å²) in [6.45, 7) is 5.18. The van der Waals surface area contributed by atoms with Gasteiger partial charge >= 0.3 is 0 Å². The maximum absolute atomic E-state index is 12.3. The molecule has 2 atom stereocenters. The predicted octanol–water partition coefficient (Wildman–Crippen LogP) is 2.44. The minimum absolute atomic E-state index is 0.0549. The normalized spacial score (nSPS) is 16.6. The van der Waals surface area contributed by atoms with Crippen LogP contribution in [0.5, 0.6) is 0 Å².